The molecule has 0 saturated heterocycles. The molecule has 1 amide bonds. The molecule has 164 valence electrons. The Labute approximate surface area is 188 Å². The van der Waals surface area contributed by atoms with E-state index >= 15 is 0 Å². The smallest absolute Gasteiger partial charge is 0.291 e. The summed E-state index contributed by atoms with van der Waals surface area (Å²) in [6.07, 6.45) is 0. The van der Waals surface area contributed by atoms with Gasteiger partial charge in [-0.1, -0.05) is 24.3 Å². The van der Waals surface area contributed by atoms with Crippen LogP contribution >= 0.6 is 11.3 Å². The van der Waals surface area contributed by atoms with Gasteiger partial charge in [-0.25, -0.2) is 14.1 Å². The Bertz CT molecular complexity index is 1190. The topological polar surface area (TPSA) is 78.3 Å². The number of carbonyl (C=O) groups is 1. The average Bonchev–Trinajstić information content (AvgIpc) is 3.48. The number of nitrogens with one attached hydrogen (secondary N) is 1. The molecular formula is C23H21FN4O3S. The zero-order valence-electron chi connectivity index (χ0n) is 17.3. The van der Waals surface area contributed by atoms with Crippen molar-refractivity contribution < 1.29 is 18.7 Å². The highest BCUT2D eigenvalue weighted by Gasteiger charge is 2.19. The van der Waals surface area contributed by atoms with Gasteiger partial charge in [-0.2, -0.15) is 0 Å². The Morgan fingerprint density at radius 1 is 1.12 bits per heavy atom. The first-order valence-corrected chi connectivity index (χ1v) is 10.8. The van der Waals surface area contributed by atoms with Crippen LogP contribution in [0.5, 0.6) is 5.75 Å². The molecule has 0 radical (unpaired) electrons. The van der Waals surface area contributed by atoms with Gasteiger partial charge in [0.15, 0.2) is 5.82 Å². The highest BCUT2D eigenvalue weighted by atomic mass is 32.1. The number of methoxy groups -OCH3 is 1. The van der Waals surface area contributed by atoms with Gasteiger partial charge in [0, 0.05) is 13.7 Å². The maximum Gasteiger partial charge on any atom is 0.291 e. The minimum Gasteiger partial charge on any atom is -0.491 e. The van der Waals surface area contributed by atoms with Crippen LogP contribution in [-0.2, 0) is 11.3 Å². The van der Waals surface area contributed by atoms with E-state index in [0.29, 0.717) is 30.5 Å². The van der Waals surface area contributed by atoms with E-state index in [4.69, 9.17) is 9.47 Å². The van der Waals surface area contributed by atoms with Gasteiger partial charge in [0.25, 0.3) is 5.91 Å². The monoisotopic (exact) mass is 452 g/mol. The van der Waals surface area contributed by atoms with Gasteiger partial charge in [-0.3, -0.25) is 4.79 Å². The van der Waals surface area contributed by atoms with Crippen LogP contribution in [-0.4, -0.2) is 41.0 Å². The van der Waals surface area contributed by atoms with E-state index < -0.39 is 11.7 Å². The van der Waals surface area contributed by atoms with E-state index in [1.165, 1.54) is 28.2 Å². The number of carbonyl (C=O) groups excluding carboxylic acids is 1. The van der Waals surface area contributed by atoms with Crippen molar-refractivity contribution in [2.75, 3.05) is 20.3 Å². The van der Waals surface area contributed by atoms with Crippen molar-refractivity contribution in [1.29, 1.82) is 0 Å². The van der Waals surface area contributed by atoms with Crippen LogP contribution in [0.25, 0.3) is 16.4 Å². The van der Waals surface area contributed by atoms with E-state index in [2.05, 4.69) is 15.4 Å². The minimum absolute atomic E-state index is 0.00478. The molecular weight excluding hydrogens is 431 g/mol. The van der Waals surface area contributed by atoms with Gasteiger partial charge in [-0.05, 0) is 47.3 Å². The van der Waals surface area contributed by atoms with E-state index in [1.54, 1.807) is 19.2 Å². The van der Waals surface area contributed by atoms with E-state index in [0.717, 1.165) is 10.4 Å². The van der Waals surface area contributed by atoms with Crippen molar-refractivity contribution in [2.24, 2.45) is 0 Å². The number of amides is 1. The van der Waals surface area contributed by atoms with E-state index in [9.17, 15) is 9.18 Å². The first kappa shape index (κ1) is 21.7. The molecule has 0 unspecified atom stereocenters. The predicted molar refractivity (Wildman–Crippen MR) is 120 cm³/mol. The summed E-state index contributed by atoms with van der Waals surface area (Å²) in [4.78, 5) is 18.0. The summed E-state index contributed by atoms with van der Waals surface area (Å²) in [6, 6.07) is 17.2. The Balaban J connectivity index is 1.52. The molecule has 2 aromatic carbocycles. The second-order valence-electron chi connectivity index (χ2n) is 6.80. The second-order valence-corrected chi connectivity index (χ2v) is 7.75. The Morgan fingerprint density at radius 2 is 2.00 bits per heavy atom. The van der Waals surface area contributed by atoms with Gasteiger partial charge in [0.05, 0.1) is 17.2 Å². The minimum atomic E-state index is -0.427. The second kappa shape index (κ2) is 10.2. The molecule has 7 nitrogen and oxygen atoms in total. The summed E-state index contributed by atoms with van der Waals surface area (Å²) in [5, 5.41) is 9.09. The first-order chi connectivity index (χ1) is 15.6. The largest absolute Gasteiger partial charge is 0.491 e. The van der Waals surface area contributed by atoms with Crippen LogP contribution in [0.1, 0.15) is 16.2 Å². The molecule has 1 N–H and O–H groups in total. The van der Waals surface area contributed by atoms with Gasteiger partial charge < -0.3 is 14.8 Å². The SMILES string of the molecule is COCCOc1cccc(CNC(=O)c2nc(-c3cccs3)n(-c3cccc(F)c3)n2)c1. The number of rotatable bonds is 9. The van der Waals surface area contributed by atoms with Crippen LogP contribution in [0.2, 0.25) is 0 Å². The lowest BCUT2D eigenvalue weighted by atomic mass is 10.2. The molecule has 0 saturated carbocycles. The quantitative estimate of drug-likeness (QED) is 0.387. The number of thiophene rings is 1. The lowest BCUT2D eigenvalue weighted by Crippen LogP contribution is -2.24. The molecule has 9 heteroatoms. The van der Waals surface area contributed by atoms with Crippen molar-refractivity contribution in [3.8, 4) is 22.1 Å². The number of ether oxygens (including phenoxy) is 2. The lowest BCUT2D eigenvalue weighted by molar-refractivity contribution is 0.0940. The van der Waals surface area contributed by atoms with Crippen molar-refractivity contribution in [1.82, 2.24) is 20.1 Å². The van der Waals surface area contributed by atoms with Crippen LogP contribution in [0.15, 0.2) is 66.0 Å². The maximum absolute atomic E-state index is 13.8. The zero-order chi connectivity index (χ0) is 22.3. The standard InChI is InChI=1S/C23H21FN4O3S/c1-30-10-11-31-19-8-2-5-16(13-19)15-25-23(29)21-26-22(20-9-4-12-32-20)28(27-21)18-7-3-6-17(24)14-18/h2-9,12-14H,10-11,15H2,1H3,(H,25,29). The highest BCUT2D eigenvalue weighted by Crippen LogP contribution is 2.26. The molecule has 4 aromatic rings. The molecule has 2 aromatic heterocycles. The predicted octanol–water partition coefficient (Wildman–Crippen LogP) is 4.09. The fourth-order valence-corrected chi connectivity index (χ4v) is 3.71. The Hall–Kier alpha value is -3.56. The number of hydrogen-bond donors (Lipinski definition) is 1. The summed E-state index contributed by atoms with van der Waals surface area (Å²) in [6.45, 7) is 1.22. The van der Waals surface area contributed by atoms with Gasteiger partial charge in [0.2, 0.25) is 5.82 Å². The fourth-order valence-electron chi connectivity index (χ4n) is 3.01. The normalized spacial score (nSPS) is 10.8. The maximum atomic E-state index is 13.8. The molecule has 0 spiro atoms. The summed E-state index contributed by atoms with van der Waals surface area (Å²) in [5.74, 6) is 0.356. The number of benzene rings is 2. The van der Waals surface area contributed by atoms with Gasteiger partial charge >= 0.3 is 0 Å². The summed E-state index contributed by atoms with van der Waals surface area (Å²) >= 11 is 1.46. The number of nitrogens with zero attached hydrogens (tertiary/aromatic N) is 3. The summed E-state index contributed by atoms with van der Waals surface area (Å²) in [5.41, 5.74) is 1.36. The molecule has 0 fully saturated rings. The molecule has 0 bridgehead atoms. The number of aromatic nitrogens is 3. The van der Waals surface area contributed by atoms with Crippen LogP contribution in [0.4, 0.5) is 4.39 Å². The van der Waals surface area contributed by atoms with Crippen molar-refractivity contribution in [2.45, 2.75) is 6.54 Å². The van der Waals surface area contributed by atoms with E-state index in [-0.39, 0.29) is 12.4 Å². The Kier molecular flexibility index (Phi) is 6.88. The third-order valence-corrected chi connectivity index (χ3v) is 5.38. The summed E-state index contributed by atoms with van der Waals surface area (Å²) < 4.78 is 25.8. The molecule has 0 aliphatic heterocycles. The lowest BCUT2D eigenvalue weighted by Gasteiger charge is -2.08. The molecule has 4 rings (SSSR count). The van der Waals surface area contributed by atoms with E-state index in [1.807, 2.05) is 41.8 Å². The fraction of sp³-hybridized carbons (Fsp3) is 0.174. The Morgan fingerprint density at radius 3 is 2.78 bits per heavy atom. The average molecular weight is 453 g/mol. The van der Waals surface area contributed by atoms with Crippen LogP contribution in [0, 0.1) is 5.82 Å². The third kappa shape index (κ3) is 5.19. The first-order valence-electron chi connectivity index (χ1n) is 9.90. The molecule has 0 aliphatic carbocycles. The summed E-state index contributed by atoms with van der Waals surface area (Å²) in [7, 11) is 1.61. The van der Waals surface area contributed by atoms with Crippen LogP contribution in [0.3, 0.4) is 0 Å². The zero-order valence-corrected chi connectivity index (χ0v) is 18.1. The number of halogens is 1. The highest BCUT2D eigenvalue weighted by molar-refractivity contribution is 7.13. The number of hydrogen-bond acceptors (Lipinski definition) is 6. The molecule has 32 heavy (non-hydrogen) atoms. The van der Waals surface area contributed by atoms with Crippen molar-refractivity contribution in [3.63, 3.8) is 0 Å². The van der Waals surface area contributed by atoms with Crippen LogP contribution < -0.4 is 10.1 Å². The van der Waals surface area contributed by atoms with Gasteiger partial charge in [0.1, 0.15) is 18.2 Å². The molecule has 2 heterocycles. The molecule has 0 atom stereocenters. The molecule has 0 aliphatic rings. The third-order valence-electron chi connectivity index (χ3n) is 4.51. The van der Waals surface area contributed by atoms with Crippen molar-refractivity contribution >= 4 is 17.2 Å². The van der Waals surface area contributed by atoms with Crippen molar-refractivity contribution in [3.05, 3.63) is 83.2 Å². The van der Waals surface area contributed by atoms with Gasteiger partial charge in [-0.15, -0.1) is 16.4 Å².